The molecule has 0 fully saturated rings. The van der Waals surface area contributed by atoms with Gasteiger partial charge >= 0.3 is 0 Å². The lowest BCUT2D eigenvalue weighted by Gasteiger charge is -2.16. The van der Waals surface area contributed by atoms with Crippen molar-refractivity contribution in [3.63, 3.8) is 0 Å². The Labute approximate surface area is 106 Å². The molecule has 1 aromatic rings. The van der Waals surface area contributed by atoms with Crippen LogP contribution in [0.2, 0.25) is 0 Å². The van der Waals surface area contributed by atoms with Crippen molar-refractivity contribution in [2.45, 2.75) is 45.7 Å². The van der Waals surface area contributed by atoms with Crippen LogP contribution in [0.15, 0.2) is 22.7 Å². The molecule has 1 nitrogen and oxygen atoms in total. The average molecular weight is 288 g/mol. The van der Waals surface area contributed by atoms with E-state index in [4.69, 9.17) is 0 Å². The van der Waals surface area contributed by atoms with Crippen molar-refractivity contribution in [3.05, 3.63) is 34.1 Å². The number of nitrogens with one attached hydrogen (secondary N) is 1. The van der Waals surface area contributed by atoms with Crippen LogP contribution < -0.4 is 5.32 Å². The molecule has 1 rings (SSSR count). The van der Waals surface area contributed by atoms with Crippen molar-refractivity contribution < 1.29 is 4.39 Å². The van der Waals surface area contributed by atoms with Gasteiger partial charge < -0.3 is 5.32 Å². The van der Waals surface area contributed by atoms with Gasteiger partial charge in [0.25, 0.3) is 0 Å². The zero-order chi connectivity index (χ0) is 12.0. The van der Waals surface area contributed by atoms with Gasteiger partial charge in [-0.25, -0.2) is 4.39 Å². The molecule has 0 radical (unpaired) electrons. The van der Waals surface area contributed by atoms with Crippen LogP contribution in [0, 0.1) is 5.82 Å². The van der Waals surface area contributed by atoms with E-state index in [1.54, 1.807) is 6.07 Å². The summed E-state index contributed by atoms with van der Waals surface area (Å²) in [6.07, 6.45) is 3.39. The molecular formula is C13H19BrFN. The summed E-state index contributed by atoms with van der Waals surface area (Å²) < 4.78 is 14.4. The van der Waals surface area contributed by atoms with E-state index in [0.29, 0.717) is 12.6 Å². The van der Waals surface area contributed by atoms with Gasteiger partial charge in [0.1, 0.15) is 5.82 Å². The smallest absolute Gasteiger partial charge is 0.127 e. The first kappa shape index (κ1) is 13.7. The quantitative estimate of drug-likeness (QED) is 0.825. The normalized spacial score (nSPS) is 12.8. The summed E-state index contributed by atoms with van der Waals surface area (Å²) in [5, 5.41) is 3.39. The topological polar surface area (TPSA) is 12.0 Å². The Kier molecular flexibility index (Phi) is 5.99. The van der Waals surface area contributed by atoms with Gasteiger partial charge in [-0.2, -0.15) is 0 Å². The van der Waals surface area contributed by atoms with E-state index in [-0.39, 0.29) is 5.82 Å². The molecule has 0 aliphatic rings. The van der Waals surface area contributed by atoms with Crippen molar-refractivity contribution >= 4 is 15.9 Å². The van der Waals surface area contributed by atoms with Gasteiger partial charge in [-0.1, -0.05) is 36.2 Å². The highest BCUT2D eigenvalue weighted by atomic mass is 79.9. The monoisotopic (exact) mass is 287 g/mol. The highest BCUT2D eigenvalue weighted by molar-refractivity contribution is 9.10. The van der Waals surface area contributed by atoms with E-state index < -0.39 is 0 Å². The molecule has 0 saturated carbocycles. The molecule has 0 saturated heterocycles. The Bertz CT molecular complexity index is 328. The Balaban J connectivity index is 2.55. The highest BCUT2D eigenvalue weighted by Crippen LogP contribution is 2.15. The van der Waals surface area contributed by atoms with Crippen LogP contribution in [0.3, 0.4) is 0 Å². The maximum Gasteiger partial charge on any atom is 0.127 e. The zero-order valence-corrected chi connectivity index (χ0v) is 11.5. The second-order valence-corrected chi connectivity index (χ2v) is 4.93. The van der Waals surface area contributed by atoms with Gasteiger partial charge in [0.05, 0.1) is 0 Å². The summed E-state index contributed by atoms with van der Waals surface area (Å²) in [7, 11) is 0. The maximum atomic E-state index is 13.4. The lowest BCUT2D eigenvalue weighted by Crippen LogP contribution is -2.28. The summed E-state index contributed by atoms with van der Waals surface area (Å²) in [6, 6.07) is 5.55. The van der Waals surface area contributed by atoms with Gasteiger partial charge in [-0.15, -0.1) is 0 Å². The molecule has 1 N–H and O–H groups in total. The number of rotatable bonds is 6. The molecule has 0 aliphatic heterocycles. The molecule has 0 spiro atoms. The van der Waals surface area contributed by atoms with Crippen molar-refractivity contribution in [1.29, 1.82) is 0 Å². The van der Waals surface area contributed by atoms with Gasteiger partial charge in [-0.3, -0.25) is 0 Å². The third kappa shape index (κ3) is 4.22. The number of halogens is 2. The Morgan fingerprint density at radius 3 is 2.75 bits per heavy atom. The van der Waals surface area contributed by atoms with E-state index in [0.717, 1.165) is 29.3 Å². The van der Waals surface area contributed by atoms with Crippen LogP contribution in [-0.2, 0) is 6.54 Å². The van der Waals surface area contributed by atoms with Crippen LogP contribution in [0.4, 0.5) is 4.39 Å². The molecule has 0 amide bonds. The Morgan fingerprint density at radius 1 is 1.38 bits per heavy atom. The number of hydrogen-bond donors (Lipinski definition) is 1. The summed E-state index contributed by atoms with van der Waals surface area (Å²) in [4.78, 5) is 0. The molecule has 0 aromatic heterocycles. The van der Waals surface area contributed by atoms with Crippen molar-refractivity contribution in [1.82, 2.24) is 5.32 Å². The molecule has 1 aromatic carbocycles. The second kappa shape index (κ2) is 7.02. The summed E-state index contributed by atoms with van der Waals surface area (Å²) in [5.74, 6) is -0.137. The zero-order valence-electron chi connectivity index (χ0n) is 9.89. The molecule has 0 aliphatic carbocycles. The Morgan fingerprint density at radius 2 is 2.12 bits per heavy atom. The third-order valence-electron chi connectivity index (χ3n) is 2.72. The van der Waals surface area contributed by atoms with Crippen LogP contribution in [-0.4, -0.2) is 6.04 Å². The molecular weight excluding hydrogens is 269 g/mol. The van der Waals surface area contributed by atoms with Crippen LogP contribution in [0.25, 0.3) is 0 Å². The van der Waals surface area contributed by atoms with Crippen LogP contribution in [0.5, 0.6) is 0 Å². The predicted molar refractivity (Wildman–Crippen MR) is 69.9 cm³/mol. The Hall–Kier alpha value is -0.410. The standard InChI is InChI=1S/C13H19BrFN/c1-3-5-12(4-2)16-9-10-8-11(14)6-7-13(10)15/h6-8,12,16H,3-5,9H2,1-2H3. The summed E-state index contributed by atoms with van der Waals surface area (Å²) in [6.45, 7) is 4.93. The largest absolute Gasteiger partial charge is 0.310 e. The fourth-order valence-electron chi connectivity index (χ4n) is 1.73. The van der Waals surface area contributed by atoms with Gasteiger partial charge in [0.15, 0.2) is 0 Å². The van der Waals surface area contributed by atoms with E-state index in [9.17, 15) is 4.39 Å². The first-order chi connectivity index (χ1) is 7.67. The van der Waals surface area contributed by atoms with Crippen molar-refractivity contribution in [2.24, 2.45) is 0 Å². The average Bonchev–Trinajstić information content (AvgIpc) is 2.28. The molecule has 90 valence electrons. The molecule has 1 atom stereocenters. The molecule has 3 heteroatoms. The lowest BCUT2D eigenvalue weighted by atomic mass is 10.1. The fourth-order valence-corrected chi connectivity index (χ4v) is 2.14. The molecule has 0 heterocycles. The molecule has 1 unspecified atom stereocenters. The van der Waals surface area contributed by atoms with Crippen molar-refractivity contribution in [2.75, 3.05) is 0 Å². The van der Waals surface area contributed by atoms with Gasteiger partial charge in [-0.05, 0) is 31.0 Å². The minimum Gasteiger partial charge on any atom is -0.310 e. The minimum absolute atomic E-state index is 0.137. The highest BCUT2D eigenvalue weighted by Gasteiger charge is 2.07. The van der Waals surface area contributed by atoms with E-state index in [2.05, 4.69) is 35.1 Å². The maximum absolute atomic E-state index is 13.4. The van der Waals surface area contributed by atoms with Gasteiger partial charge in [0.2, 0.25) is 0 Å². The van der Waals surface area contributed by atoms with E-state index in [1.165, 1.54) is 6.07 Å². The molecule has 0 bridgehead atoms. The van der Waals surface area contributed by atoms with Crippen LogP contribution >= 0.6 is 15.9 Å². The van der Waals surface area contributed by atoms with E-state index >= 15 is 0 Å². The van der Waals surface area contributed by atoms with Crippen LogP contribution in [0.1, 0.15) is 38.7 Å². The van der Waals surface area contributed by atoms with Gasteiger partial charge in [0, 0.05) is 22.6 Å². The summed E-state index contributed by atoms with van der Waals surface area (Å²) in [5.41, 5.74) is 0.726. The second-order valence-electron chi connectivity index (χ2n) is 4.01. The number of hydrogen-bond acceptors (Lipinski definition) is 1. The lowest BCUT2D eigenvalue weighted by molar-refractivity contribution is 0.455. The first-order valence-corrected chi connectivity index (χ1v) is 6.64. The number of benzene rings is 1. The summed E-state index contributed by atoms with van der Waals surface area (Å²) >= 11 is 3.36. The van der Waals surface area contributed by atoms with Crippen molar-refractivity contribution in [3.8, 4) is 0 Å². The molecule has 16 heavy (non-hydrogen) atoms. The first-order valence-electron chi connectivity index (χ1n) is 5.84. The SMILES string of the molecule is CCCC(CC)NCc1cc(Br)ccc1F. The predicted octanol–water partition coefficient (Wildman–Crippen LogP) is 4.26. The van der Waals surface area contributed by atoms with E-state index in [1.807, 2.05) is 6.07 Å². The fraction of sp³-hybridized carbons (Fsp3) is 0.538. The minimum atomic E-state index is -0.137. The third-order valence-corrected chi connectivity index (χ3v) is 3.21.